The maximum absolute atomic E-state index is 12.4. The first-order chi connectivity index (χ1) is 14.0. The number of benzene rings is 3. The van der Waals surface area contributed by atoms with Gasteiger partial charge in [0.25, 0.3) is 0 Å². The number of carbonyl (C=O) groups is 2. The summed E-state index contributed by atoms with van der Waals surface area (Å²) in [5.41, 5.74) is 12.3. The first-order valence-electron chi connectivity index (χ1n) is 9.53. The van der Waals surface area contributed by atoms with Gasteiger partial charge in [0.2, 0.25) is 0 Å². The highest BCUT2D eigenvalue weighted by molar-refractivity contribution is 6.00. The first-order valence-corrected chi connectivity index (χ1v) is 9.53. The largest absolute Gasteiger partial charge is 0.449 e. The van der Waals surface area contributed by atoms with Crippen LogP contribution in [0.25, 0.3) is 11.1 Å². The third-order valence-corrected chi connectivity index (χ3v) is 5.29. The Morgan fingerprint density at radius 2 is 1.59 bits per heavy atom. The van der Waals surface area contributed by atoms with Crippen molar-refractivity contribution in [2.75, 3.05) is 18.9 Å². The molecule has 0 heterocycles. The molecule has 3 N–H and O–H groups in total. The lowest BCUT2D eigenvalue weighted by atomic mass is 9.98. The van der Waals surface area contributed by atoms with E-state index < -0.39 is 6.09 Å². The van der Waals surface area contributed by atoms with Crippen molar-refractivity contribution in [3.63, 3.8) is 0 Å². The van der Waals surface area contributed by atoms with Crippen molar-refractivity contribution < 1.29 is 14.3 Å². The van der Waals surface area contributed by atoms with Crippen molar-refractivity contribution in [3.8, 4) is 11.1 Å². The number of nitrogens with two attached hydrogens (primary N) is 1. The van der Waals surface area contributed by atoms with Crippen LogP contribution in [0.2, 0.25) is 0 Å². The number of Topliss-reactive ketones (excluding diaryl/α,β-unsaturated/α-hetero) is 1. The van der Waals surface area contributed by atoms with Gasteiger partial charge in [0.05, 0.1) is 6.54 Å². The number of carbonyl (C=O) groups excluding carboxylic acids is 2. The van der Waals surface area contributed by atoms with E-state index in [2.05, 4.69) is 29.6 Å². The van der Waals surface area contributed by atoms with E-state index in [-0.39, 0.29) is 24.9 Å². The average molecular weight is 386 g/mol. The van der Waals surface area contributed by atoms with Gasteiger partial charge in [0, 0.05) is 17.2 Å². The number of nitrogen functional groups attached to an aromatic ring is 1. The lowest BCUT2D eigenvalue weighted by Gasteiger charge is -2.14. The molecule has 3 aromatic rings. The van der Waals surface area contributed by atoms with E-state index in [1.807, 2.05) is 31.2 Å². The Morgan fingerprint density at radius 1 is 0.966 bits per heavy atom. The topological polar surface area (TPSA) is 81.4 Å². The number of hydrogen-bond donors (Lipinski definition) is 2. The SMILES string of the molecule is Cc1cc(N)ccc1C(=O)CNC(=O)OCC1c2ccccc2-c2ccccc21. The summed E-state index contributed by atoms with van der Waals surface area (Å²) >= 11 is 0. The Labute approximate surface area is 169 Å². The fourth-order valence-corrected chi connectivity index (χ4v) is 3.90. The van der Waals surface area contributed by atoms with Gasteiger partial charge in [-0.1, -0.05) is 48.5 Å². The minimum atomic E-state index is -0.603. The molecule has 29 heavy (non-hydrogen) atoms. The summed E-state index contributed by atoms with van der Waals surface area (Å²) in [7, 11) is 0. The summed E-state index contributed by atoms with van der Waals surface area (Å²) in [6.07, 6.45) is -0.603. The Bertz CT molecular complexity index is 1050. The van der Waals surface area contributed by atoms with Crippen molar-refractivity contribution in [3.05, 3.63) is 89.0 Å². The van der Waals surface area contributed by atoms with E-state index in [0.717, 1.165) is 16.7 Å². The van der Waals surface area contributed by atoms with Gasteiger partial charge in [-0.3, -0.25) is 4.79 Å². The molecule has 0 aliphatic heterocycles. The number of anilines is 1. The molecule has 5 heteroatoms. The van der Waals surface area contributed by atoms with Crippen molar-refractivity contribution in [1.82, 2.24) is 5.32 Å². The molecular weight excluding hydrogens is 364 g/mol. The summed E-state index contributed by atoms with van der Waals surface area (Å²) in [6.45, 7) is 1.91. The fourth-order valence-electron chi connectivity index (χ4n) is 3.90. The Hall–Kier alpha value is -3.60. The Balaban J connectivity index is 1.38. The summed E-state index contributed by atoms with van der Waals surface area (Å²) in [6, 6.07) is 21.4. The van der Waals surface area contributed by atoms with Crippen LogP contribution in [0.4, 0.5) is 10.5 Å². The second-order valence-corrected chi connectivity index (χ2v) is 7.18. The zero-order valence-corrected chi connectivity index (χ0v) is 16.1. The van der Waals surface area contributed by atoms with Crippen molar-refractivity contribution in [2.24, 2.45) is 0 Å². The molecule has 0 saturated heterocycles. The van der Waals surface area contributed by atoms with Crippen LogP contribution in [-0.2, 0) is 4.74 Å². The van der Waals surface area contributed by atoms with Crippen LogP contribution in [-0.4, -0.2) is 25.0 Å². The van der Waals surface area contributed by atoms with Gasteiger partial charge in [-0.25, -0.2) is 4.79 Å². The van der Waals surface area contributed by atoms with Gasteiger partial charge in [-0.05, 0) is 52.9 Å². The summed E-state index contributed by atoms with van der Waals surface area (Å²) < 4.78 is 5.45. The minimum Gasteiger partial charge on any atom is -0.449 e. The molecular formula is C24H22N2O3. The second-order valence-electron chi connectivity index (χ2n) is 7.18. The molecule has 146 valence electrons. The van der Waals surface area contributed by atoms with E-state index in [1.54, 1.807) is 18.2 Å². The van der Waals surface area contributed by atoms with Crippen LogP contribution >= 0.6 is 0 Å². The van der Waals surface area contributed by atoms with Crippen molar-refractivity contribution in [2.45, 2.75) is 12.8 Å². The number of fused-ring (bicyclic) bond motifs is 3. The quantitative estimate of drug-likeness (QED) is 0.506. The number of alkyl carbamates (subject to hydrolysis) is 1. The number of rotatable bonds is 5. The lowest BCUT2D eigenvalue weighted by Crippen LogP contribution is -2.31. The zero-order valence-electron chi connectivity index (χ0n) is 16.1. The first kappa shape index (κ1) is 18.7. The van der Waals surface area contributed by atoms with Gasteiger partial charge in [-0.15, -0.1) is 0 Å². The standard InChI is InChI=1S/C24H22N2O3/c1-15-12-16(25)10-11-17(15)23(27)13-26-24(28)29-14-22-20-8-4-2-6-18(20)19-7-3-5-9-21(19)22/h2-12,22H,13-14,25H2,1H3,(H,26,28). The van der Waals surface area contributed by atoms with E-state index in [1.165, 1.54) is 11.1 Å². The molecule has 3 aromatic carbocycles. The molecule has 1 aliphatic carbocycles. The summed E-state index contributed by atoms with van der Waals surface area (Å²) in [4.78, 5) is 24.6. The number of amides is 1. The molecule has 5 nitrogen and oxygen atoms in total. The van der Waals surface area contributed by atoms with E-state index >= 15 is 0 Å². The number of hydrogen-bond acceptors (Lipinski definition) is 4. The van der Waals surface area contributed by atoms with Crippen LogP contribution in [0.5, 0.6) is 0 Å². The molecule has 1 aliphatic rings. The Morgan fingerprint density at radius 3 is 2.21 bits per heavy atom. The highest BCUT2D eigenvalue weighted by atomic mass is 16.5. The molecule has 4 rings (SSSR count). The smallest absolute Gasteiger partial charge is 0.407 e. The normalized spacial score (nSPS) is 12.2. The number of aryl methyl sites for hydroxylation is 1. The van der Waals surface area contributed by atoms with Crippen LogP contribution in [0.15, 0.2) is 66.7 Å². The van der Waals surface area contributed by atoms with E-state index in [4.69, 9.17) is 10.5 Å². The zero-order chi connectivity index (χ0) is 20.4. The maximum atomic E-state index is 12.4. The van der Waals surface area contributed by atoms with Crippen molar-refractivity contribution in [1.29, 1.82) is 0 Å². The van der Waals surface area contributed by atoms with Gasteiger partial charge < -0.3 is 15.8 Å². The average Bonchev–Trinajstić information content (AvgIpc) is 3.04. The predicted molar refractivity (Wildman–Crippen MR) is 113 cm³/mol. The highest BCUT2D eigenvalue weighted by Gasteiger charge is 2.29. The molecule has 0 radical (unpaired) electrons. The minimum absolute atomic E-state index is 0.0109. The van der Waals surface area contributed by atoms with Gasteiger partial charge in [0.1, 0.15) is 6.61 Å². The van der Waals surface area contributed by atoms with Gasteiger partial charge in [0.15, 0.2) is 5.78 Å². The monoisotopic (exact) mass is 386 g/mol. The van der Waals surface area contributed by atoms with Crippen LogP contribution in [0, 0.1) is 6.92 Å². The summed E-state index contributed by atoms with van der Waals surface area (Å²) in [5, 5.41) is 2.55. The molecule has 0 saturated carbocycles. The van der Waals surface area contributed by atoms with Crippen LogP contribution < -0.4 is 11.1 Å². The molecule has 0 bridgehead atoms. The maximum Gasteiger partial charge on any atom is 0.407 e. The third-order valence-electron chi connectivity index (χ3n) is 5.29. The van der Waals surface area contributed by atoms with Crippen LogP contribution in [0.1, 0.15) is 33.0 Å². The molecule has 0 fully saturated rings. The van der Waals surface area contributed by atoms with E-state index in [9.17, 15) is 9.59 Å². The lowest BCUT2D eigenvalue weighted by molar-refractivity contribution is 0.0975. The molecule has 1 amide bonds. The molecule has 0 unspecified atom stereocenters. The molecule has 0 spiro atoms. The Kier molecular flexibility index (Phi) is 5.04. The van der Waals surface area contributed by atoms with Gasteiger partial charge >= 0.3 is 6.09 Å². The fraction of sp³-hybridized carbons (Fsp3) is 0.167. The highest BCUT2D eigenvalue weighted by Crippen LogP contribution is 2.44. The number of ketones is 1. The third kappa shape index (κ3) is 3.72. The van der Waals surface area contributed by atoms with Gasteiger partial charge in [-0.2, -0.15) is 0 Å². The number of nitrogens with one attached hydrogen (secondary N) is 1. The summed E-state index contributed by atoms with van der Waals surface area (Å²) in [5.74, 6) is -0.195. The van der Waals surface area contributed by atoms with Crippen LogP contribution in [0.3, 0.4) is 0 Å². The van der Waals surface area contributed by atoms with E-state index in [0.29, 0.717) is 11.3 Å². The molecule has 0 aromatic heterocycles. The predicted octanol–water partition coefficient (Wildman–Crippen LogP) is 4.30. The van der Waals surface area contributed by atoms with Crippen molar-refractivity contribution >= 4 is 17.6 Å². The number of ether oxygens (including phenoxy) is 1. The second kappa shape index (κ2) is 7.80. The molecule has 0 atom stereocenters.